The highest BCUT2D eigenvalue weighted by atomic mass is 31.2. The second-order valence-electron chi connectivity index (χ2n) is 16.5. The van der Waals surface area contributed by atoms with E-state index in [9.17, 15) is 0 Å². The van der Waals surface area contributed by atoms with Gasteiger partial charge in [-0.25, -0.2) is 0 Å². The van der Waals surface area contributed by atoms with Gasteiger partial charge in [0.2, 0.25) is 0 Å². The van der Waals surface area contributed by atoms with Crippen LogP contribution in [-0.2, 0) is 34.2 Å². The van der Waals surface area contributed by atoms with Crippen LogP contribution in [-0.4, -0.2) is 24.2 Å². The van der Waals surface area contributed by atoms with E-state index in [-0.39, 0.29) is 0 Å². The van der Waals surface area contributed by atoms with Gasteiger partial charge in [0.15, 0.2) is 17.0 Å². The summed E-state index contributed by atoms with van der Waals surface area (Å²) in [6.45, 7) is 3.93. The van der Waals surface area contributed by atoms with Crippen molar-refractivity contribution in [3.8, 4) is 0 Å². The number of hydrogen-bond donors (Lipinski definition) is 0. The van der Waals surface area contributed by atoms with E-state index in [1.807, 2.05) is 129 Å². The van der Waals surface area contributed by atoms with Crippen molar-refractivity contribution in [2.45, 2.75) is 55.2 Å². The first-order chi connectivity index (χ1) is 30.9. The summed E-state index contributed by atoms with van der Waals surface area (Å²) < 4.78 is 37.7. The van der Waals surface area contributed by atoms with Crippen molar-refractivity contribution in [1.29, 1.82) is 0 Å². The van der Waals surface area contributed by atoms with Gasteiger partial charge in [0, 0.05) is 6.21 Å². The molecule has 8 aromatic rings. The third kappa shape index (κ3) is 7.96. The van der Waals surface area contributed by atoms with Gasteiger partial charge >= 0.3 is 8.60 Å². The van der Waals surface area contributed by atoms with Crippen LogP contribution in [0, 0.1) is 0 Å². The van der Waals surface area contributed by atoms with Gasteiger partial charge in [-0.2, -0.15) is 0 Å². The predicted octanol–water partition coefficient (Wildman–Crippen LogP) is 13.4. The Hall–Kier alpha value is -6.08. The Balaban J connectivity index is 1.21. The van der Waals surface area contributed by atoms with Gasteiger partial charge in [-0.05, 0) is 69.6 Å². The van der Waals surface area contributed by atoms with Gasteiger partial charge in [0.25, 0.3) is 0 Å². The zero-order valence-electron chi connectivity index (χ0n) is 35.2. The van der Waals surface area contributed by atoms with Crippen LogP contribution in [0.15, 0.2) is 229 Å². The number of hydrogen-bond acceptors (Lipinski definition) is 6. The molecule has 0 unspecified atom stereocenters. The second kappa shape index (κ2) is 17.6. The molecule has 0 saturated carbocycles. The Bertz CT molecular complexity index is 2590. The molecule has 7 heteroatoms. The molecule has 10 rings (SSSR count). The molecular weight excluding hydrogens is 798 g/mol. The minimum atomic E-state index is -2.33. The number of fused-ring (bicyclic) bond motifs is 2. The van der Waals surface area contributed by atoms with Gasteiger partial charge in [0.1, 0.15) is 24.4 Å². The maximum absolute atomic E-state index is 7.79. The van der Waals surface area contributed by atoms with Crippen molar-refractivity contribution >= 4 is 25.6 Å². The van der Waals surface area contributed by atoms with Crippen LogP contribution in [0.1, 0.15) is 64.9 Å². The van der Waals surface area contributed by atoms with E-state index in [1.54, 1.807) is 0 Å². The molecule has 2 aliphatic rings. The maximum Gasteiger partial charge on any atom is 0.336 e. The zero-order chi connectivity index (χ0) is 42.7. The van der Waals surface area contributed by atoms with E-state index in [1.165, 1.54) is 5.39 Å². The highest BCUT2D eigenvalue weighted by molar-refractivity contribution is 7.41. The summed E-state index contributed by atoms with van der Waals surface area (Å²) in [5.74, 6) is -1.02. The van der Waals surface area contributed by atoms with Crippen LogP contribution < -0.4 is 0 Å². The molecule has 6 nitrogen and oxygen atoms in total. The lowest BCUT2D eigenvalue weighted by molar-refractivity contribution is -0.177. The fourth-order valence-corrected chi connectivity index (χ4v) is 10.8. The fourth-order valence-electron chi connectivity index (χ4n) is 9.18. The molecule has 0 aromatic heterocycles. The van der Waals surface area contributed by atoms with Gasteiger partial charge in [-0.15, -0.1) is 0 Å². The number of aliphatic imine (C=N–C) groups is 1. The first kappa shape index (κ1) is 41.0. The molecular formula is C56H48NO5P. The van der Waals surface area contributed by atoms with E-state index >= 15 is 0 Å². The zero-order valence-corrected chi connectivity index (χ0v) is 36.1. The van der Waals surface area contributed by atoms with Crippen molar-refractivity contribution in [2.75, 3.05) is 0 Å². The summed E-state index contributed by atoms with van der Waals surface area (Å²) in [5, 5.41) is 2.32. The molecule has 0 bridgehead atoms. The van der Waals surface area contributed by atoms with Crippen LogP contribution >= 0.6 is 8.60 Å². The summed E-state index contributed by atoms with van der Waals surface area (Å²) in [4.78, 5) is 5.42. The van der Waals surface area contributed by atoms with Crippen LogP contribution in [0.5, 0.6) is 0 Å². The molecule has 2 aliphatic heterocycles. The highest BCUT2D eigenvalue weighted by Gasteiger charge is 2.67. The first-order valence-electron chi connectivity index (χ1n) is 21.5. The average Bonchev–Trinajstić information content (AvgIpc) is 3.63. The molecule has 0 N–H and O–H groups in total. The molecule has 0 amide bonds. The summed E-state index contributed by atoms with van der Waals surface area (Å²) in [5.41, 5.74) is 3.86. The van der Waals surface area contributed by atoms with Crippen LogP contribution in [0.4, 0.5) is 0 Å². The third-order valence-electron chi connectivity index (χ3n) is 12.1. The van der Waals surface area contributed by atoms with Crippen LogP contribution in [0.2, 0.25) is 0 Å². The molecule has 4 atom stereocenters. The van der Waals surface area contributed by atoms with E-state index in [0.717, 1.165) is 44.3 Å². The Morgan fingerprint density at radius 1 is 0.476 bits per heavy atom. The van der Waals surface area contributed by atoms with Crippen LogP contribution in [0.3, 0.4) is 0 Å². The van der Waals surface area contributed by atoms with Crippen molar-refractivity contribution in [3.05, 3.63) is 263 Å². The molecule has 0 radical (unpaired) electrons. The van der Waals surface area contributed by atoms with Gasteiger partial charge in [-0.1, -0.05) is 218 Å². The van der Waals surface area contributed by atoms with Crippen molar-refractivity contribution < 1.29 is 23.0 Å². The molecule has 2 fully saturated rings. The summed E-state index contributed by atoms with van der Waals surface area (Å²) in [6, 6.07) is 76.0. The quantitative estimate of drug-likeness (QED) is 0.0959. The number of ether oxygens (including phenoxy) is 2. The summed E-state index contributed by atoms with van der Waals surface area (Å²) >= 11 is 0. The van der Waals surface area contributed by atoms with Gasteiger partial charge < -0.3 is 14.0 Å². The van der Waals surface area contributed by atoms with Gasteiger partial charge in [0.05, 0.1) is 0 Å². The fraction of sp³-hybridized carbons (Fsp3) is 0.161. The van der Waals surface area contributed by atoms with Crippen molar-refractivity contribution in [1.82, 2.24) is 0 Å². The van der Waals surface area contributed by atoms with Crippen molar-refractivity contribution in [2.24, 2.45) is 4.99 Å². The number of nitrogens with zero attached hydrogens (tertiary/aromatic N) is 1. The van der Waals surface area contributed by atoms with Gasteiger partial charge in [-0.3, -0.25) is 14.0 Å². The average molecular weight is 846 g/mol. The summed E-state index contributed by atoms with van der Waals surface area (Å²) in [7, 11) is -2.33. The monoisotopic (exact) mass is 845 g/mol. The van der Waals surface area contributed by atoms with E-state index in [0.29, 0.717) is 0 Å². The maximum atomic E-state index is 7.79. The predicted molar refractivity (Wildman–Crippen MR) is 251 cm³/mol. The summed E-state index contributed by atoms with van der Waals surface area (Å²) in [6.07, 6.45) is -0.198. The molecule has 312 valence electrons. The van der Waals surface area contributed by atoms with Crippen molar-refractivity contribution in [3.63, 3.8) is 0 Å². The Morgan fingerprint density at radius 3 is 1.33 bits per heavy atom. The SMILES string of the molecule is CC1(C)O[C@@H]2[C@@H](O1)C(c1ccccc1)(c1ccccc1)OP(O[C@H](c1ccccc1)[C@@H](N=Cc1ccc3ccccc3c1)c1ccccc1)OC2(c1ccccc1)c1ccccc1. The Kier molecular flexibility index (Phi) is 11.4. The molecule has 0 aliphatic carbocycles. The minimum Gasteiger partial charge on any atom is -0.341 e. The molecule has 0 spiro atoms. The number of benzene rings is 8. The molecule has 2 heterocycles. The smallest absolute Gasteiger partial charge is 0.336 e. The molecule has 8 aromatic carbocycles. The Labute approximate surface area is 370 Å². The lowest BCUT2D eigenvalue weighted by Gasteiger charge is -2.41. The van der Waals surface area contributed by atoms with E-state index in [2.05, 4.69) is 115 Å². The largest absolute Gasteiger partial charge is 0.341 e. The van der Waals surface area contributed by atoms with E-state index in [4.69, 9.17) is 28.0 Å². The van der Waals surface area contributed by atoms with E-state index < -0.39 is 49.9 Å². The molecule has 2 saturated heterocycles. The second-order valence-corrected chi connectivity index (χ2v) is 17.5. The third-order valence-corrected chi connectivity index (χ3v) is 13.3. The normalized spacial score (nSPS) is 20.2. The lowest BCUT2D eigenvalue weighted by Crippen LogP contribution is -2.53. The highest BCUT2D eigenvalue weighted by Crippen LogP contribution is 2.66. The minimum absolute atomic E-state index is 0.519. The Morgan fingerprint density at radius 2 is 0.873 bits per heavy atom. The standard InChI is InChI=1S/C56H48NO5P/c1-54(2)58-52-53(59-54)56(48-33-17-7-18-34-48,49-35-19-8-20-36-49)62-63(61-55(52,46-29-13-5-14-30-46)47-31-15-6-16-32-47)60-51(44-26-11-4-12-27-44)50(43-24-9-3-10-25-43)57-40-41-37-38-42-23-21-22-28-45(42)39-41/h3-40,50-53H,1-2H3/t50-,51+,52+,53+/m0/s1. The van der Waals surface area contributed by atoms with Crippen LogP contribution in [0.25, 0.3) is 10.8 Å². The number of rotatable bonds is 11. The topological polar surface area (TPSA) is 58.5 Å². The molecule has 63 heavy (non-hydrogen) atoms. The lowest BCUT2D eigenvalue weighted by atomic mass is 9.72. The first-order valence-corrected chi connectivity index (χ1v) is 22.6.